The fraction of sp³-hybridized carbons (Fsp3) is 0.111. The van der Waals surface area contributed by atoms with E-state index in [1.165, 1.54) is 6.07 Å². The summed E-state index contributed by atoms with van der Waals surface area (Å²) in [5, 5.41) is 12.0. The van der Waals surface area contributed by atoms with Gasteiger partial charge in [-0.1, -0.05) is 15.9 Å². The molecule has 2 aromatic carbocycles. The van der Waals surface area contributed by atoms with Crippen LogP contribution in [-0.4, -0.2) is 30.8 Å². The van der Waals surface area contributed by atoms with Crippen molar-refractivity contribution >= 4 is 66.6 Å². The Bertz CT molecular complexity index is 1390. The van der Waals surface area contributed by atoms with Gasteiger partial charge in [0.1, 0.15) is 28.1 Å². The molecule has 0 aliphatic carbocycles. The van der Waals surface area contributed by atoms with Gasteiger partial charge in [0.05, 0.1) is 10.9 Å². The number of carbonyl (C=O) groups is 1. The third-order valence-corrected chi connectivity index (χ3v) is 8.70. The number of fused-ring (bicyclic) bond motifs is 1. The number of halogens is 2. The topological polar surface area (TPSA) is 146 Å². The van der Waals surface area contributed by atoms with E-state index in [-0.39, 0.29) is 26.8 Å². The molecule has 3 aromatic rings. The quantitative estimate of drug-likeness (QED) is 0.280. The zero-order valence-electron chi connectivity index (χ0n) is 15.9. The second-order valence-electron chi connectivity index (χ2n) is 6.29. The molecule has 3 N–H and O–H groups in total. The Kier molecular flexibility index (Phi) is 7.34. The van der Waals surface area contributed by atoms with Gasteiger partial charge in [0.25, 0.3) is 10.0 Å². The van der Waals surface area contributed by atoms with Crippen LogP contribution in [0.1, 0.15) is 5.56 Å². The number of anilines is 1. The minimum absolute atomic E-state index is 0.108. The first-order valence-corrected chi connectivity index (χ1v) is 13.8. The third kappa shape index (κ3) is 5.92. The highest BCUT2D eigenvalue weighted by Crippen LogP contribution is 2.42. The molecule has 3 rings (SSSR count). The van der Waals surface area contributed by atoms with Crippen molar-refractivity contribution < 1.29 is 31.6 Å². The minimum Gasteiger partial charge on any atom is -0.424 e. The smallest absolute Gasteiger partial charge is 0.391 e. The number of hydrogen-bond acceptors (Lipinski definition) is 7. The number of sulfonamides is 1. The van der Waals surface area contributed by atoms with Gasteiger partial charge in [-0.05, 0) is 41.8 Å². The molecule has 0 fully saturated rings. The van der Waals surface area contributed by atoms with Crippen molar-refractivity contribution in [3.63, 3.8) is 0 Å². The van der Waals surface area contributed by atoms with Gasteiger partial charge in [-0.25, -0.2) is 17.4 Å². The lowest BCUT2D eigenvalue weighted by atomic mass is 10.2. The number of rotatable bonds is 8. The van der Waals surface area contributed by atoms with Crippen LogP contribution in [0.25, 0.3) is 10.1 Å². The van der Waals surface area contributed by atoms with E-state index in [9.17, 15) is 27.1 Å². The molecule has 0 aliphatic rings. The van der Waals surface area contributed by atoms with E-state index in [1.807, 2.05) is 4.72 Å². The first kappa shape index (κ1) is 24.3. The maximum atomic E-state index is 13.6. The molecule has 0 saturated heterocycles. The molecule has 0 aliphatic heterocycles. The molecule has 0 saturated carbocycles. The molecule has 14 heteroatoms. The third-order valence-electron chi connectivity index (χ3n) is 3.93. The standard InChI is InChI=1S/C18H14BrFN3O6PS2/c19-8-17(24)23-13-2-4-16-12(5-13)6-18(31-16)32(27,28)22-10-30(25,26)29-14-3-1-11(9-21)15(20)7-14/h1-7,22H,8,10H2,(H,23,24)(H,25,26). The van der Waals surface area contributed by atoms with Crippen LogP contribution in [0.3, 0.4) is 0 Å². The van der Waals surface area contributed by atoms with E-state index in [4.69, 9.17) is 9.79 Å². The molecule has 0 radical (unpaired) electrons. The Labute approximate surface area is 194 Å². The molecule has 1 aromatic heterocycles. The van der Waals surface area contributed by atoms with Crippen molar-refractivity contribution in [1.82, 2.24) is 4.72 Å². The molecular weight excluding hydrogens is 548 g/mol. The molecule has 32 heavy (non-hydrogen) atoms. The van der Waals surface area contributed by atoms with Gasteiger partial charge < -0.3 is 14.7 Å². The van der Waals surface area contributed by atoms with E-state index in [0.29, 0.717) is 15.8 Å². The SMILES string of the molecule is N#Cc1ccc(OP(=O)(O)CNS(=O)(=O)c2cc3cc(NC(=O)CBr)ccc3s2)cc1F. The molecule has 0 spiro atoms. The average molecular weight is 562 g/mol. The van der Waals surface area contributed by atoms with E-state index in [0.717, 1.165) is 29.5 Å². The largest absolute Gasteiger partial charge is 0.424 e. The Morgan fingerprint density at radius 3 is 2.69 bits per heavy atom. The van der Waals surface area contributed by atoms with Crippen molar-refractivity contribution in [2.75, 3.05) is 16.9 Å². The first-order chi connectivity index (χ1) is 15.0. The van der Waals surface area contributed by atoms with Crippen LogP contribution < -0.4 is 14.6 Å². The predicted octanol–water partition coefficient (Wildman–Crippen LogP) is 3.75. The molecular formula is C18H14BrFN3O6PS2. The summed E-state index contributed by atoms with van der Waals surface area (Å²) in [4.78, 5) is 21.4. The summed E-state index contributed by atoms with van der Waals surface area (Å²) in [5.41, 5.74) is 0.213. The van der Waals surface area contributed by atoms with Gasteiger partial charge in [0, 0.05) is 16.5 Å². The number of amides is 1. The zero-order valence-corrected chi connectivity index (χ0v) is 20.0. The second-order valence-corrected chi connectivity index (χ2v) is 11.7. The molecule has 1 unspecified atom stereocenters. The lowest BCUT2D eigenvalue weighted by Gasteiger charge is -2.14. The van der Waals surface area contributed by atoms with Crippen LogP contribution >= 0.6 is 34.9 Å². The summed E-state index contributed by atoms with van der Waals surface area (Å²) in [6, 6.07) is 10.8. The van der Waals surface area contributed by atoms with Crippen molar-refractivity contribution in [3.05, 3.63) is 53.8 Å². The summed E-state index contributed by atoms with van der Waals surface area (Å²) < 4.78 is 58.4. The summed E-state index contributed by atoms with van der Waals surface area (Å²) in [6.45, 7) is 0. The van der Waals surface area contributed by atoms with Crippen LogP contribution in [0, 0.1) is 17.1 Å². The van der Waals surface area contributed by atoms with E-state index in [1.54, 1.807) is 24.3 Å². The van der Waals surface area contributed by atoms with Gasteiger partial charge >= 0.3 is 7.60 Å². The van der Waals surface area contributed by atoms with Crippen LogP contribution in [0.15, 0.2) is 46.7 Å². The van der Waals surface area contributed by atoms with Crippen molar-refractivity contribution in [1.29, 1.82) is 5.26 Å². The lowest BCUT2D eigenvalue weighted by Crippen LogP contribution is -2.25. The molecule has 1 amide bonds. The summed E-state index contributed by atoms with van der Waals surface area (Å²) in [5.74, 6) is -1.54. The van der Waals surface area contributed by atoms with E-state index < -0.39 is 29.7 Å². The predicted molar refractivity (Wildman–Crippen MR) is 121 cm³/mol. The fourth-order valence-electron chi connectivity index (χ4n) is 2.50. The molecule has 168 valence electrons. The van der Waals surface area contributed by atoms with E-state index in [2.05, 4.69) is 21.2 Å². The Morgan fingerprint density at radius 1 is 1.28 bits per heavy atom. The van der Waals surface area contributed by atoms with Crippen LogP contribution in [0.4, 0.5) is 10.1 Å². The number of nitrogens with zero attached hydrogens (tertiary/aromatic N) is 1. The van der Waals surface area contributed by atoms with Crippen molar-refractivity contribution in [3.8, 4) is 11.8 Å². The minimum atomic E-state index is -4.52. The van der Waals surface area contributed by atoms with Gasteiger partial charge in [-0.15, -0.1) is 11.3 Å². The first-order valence-electron chi connectivity index (χ1n) is 8.63. The summed E-state index contributed by atoms with van der Waals surface area (Å²) in [6.07, 6.45) is -0.961. The number of nitriles is 1. The number of hydrogen-bond donors (Lipinski definition) is 3. The highest BCUT2D eigenvalue weighted by atomic mass is 79.9. The molecule has 1 atom stereocenters. The number of carbonyl (C=O) groups excluding carboxylic acids is 1. The average Bonchev–Trinajstić information content (AvgIpc) is 3.17. The van der Waals surface area contributed by atoms with Gasteiger partial charge in [0.15, 0.2) is 0 Å². The van der Waals surface area contributed by atoms with Crippen LogP contribution in [-0.2, 0) is 19.4 Å². The van der Waals surface area contributed by atoms with Crippen LogP contribution in [0.2, 0.25) is 0 Å². The Balaban J connectivity index is 1.73. The number of nitrogens with one attached hydrogen (secondary N) is 2. The lowest BCUT2D eigenvalue weighted by molar-refractivity contribution is -0.113. The van der Waals surface area contributed by atoms with Crippen molar-refractivity contribution in [2.45, 2.75) is 4.21 Å². The summed E-state index contributed by atoms with van der Waals surface area (Å²) >= 11 is 3.97. The maximum absolute atomic E-state index is 13.6. The number of alkyl halides is 1. The zero-order chi connectivity index (χ0) is 23.5. The summed E-state index contributed by atoms with van der Waals surface area (Å²) in [7, 11) is -8.69. The maximum Gasteiger partial charge on any atom is 0.391 e. The number of thiophene rings is 1. The van der Waals surface area contributed by atoms with Crippen LogP contribution in [0.5, 0.6) is 5.75 Å². The normalized spacial score (nSPS) is 13.3. The highest BCUT2D eigenvalue weighted by Gasteiger charge is 2.27. The van der Waals surface area contributed by atoms with E-state index >= 15 is 0 Å². The number of benzene rings is 2. The molecule has 9 nitrogen and oxygen atoms in total. The molecule has 1 heterocycles. The molecule has 0 bridgehead atoms. The van der Waals surface area contributed by atoms with Crippen molar-refractivity contribution in [2.24, 2.45) is 0 Å². The van der Waals surface area contributed by atoms with Gasteiger partial charge in [-0.3, -0.25) is 4.79 Å². The van der Waals surface area contributed by atoms with Gasteiger partial charge in [0.2, 0.25) is 5.91 Å². The second kappa shape index (κ2) is 9.66. The monoisotopic (exact) mass is 561 g/mol. The Hall–Kier alpha value is -2.33. The highest BCUT2D eigenvalue weighted by molar-refractivity contribution is 9.09. The fourth-order valence-corrected chi connectivity index (χ4v) is 6.57. The Morgan fingerprint density at radius 2 is 2.03 bits per heavy atom. The van der Waals surface area contributed by atoms with Gasteiger partial charge in [-0.2, -0.15) is 9.98 Å².